The zero-order valence-electron chi connectivity index (χ0n) is 16.1. The van der Waals surface area contributed by atoms with Crippen LogP contribution < -0.4 is 10.7 Å². The van der Waals surface area contributed by atoms with Gasteiger partial charge in [-0.3, -0.25) is 0 Å². The fourth-order valence-corrected chi connectivity index (χ4v) is 4.72. The summed E-state index contributed by atoms with van der Waals surface area (Å²) in [6.07, 6.45) is 17.3. The summed E-state index contributed by atoms with van der Waals surface area (Å²) < 4.78 is 0. The number of allylic oxidation sites excluding steroid dienone is 5. The molecule has 5 heteroatoms. The third kappa shape index (κ3) is 3.51. The van der Waals surface area contributed by atoms with Gasteiger partial charge in [0.05, 0.1) is 22.8 Å². The van der Waals surface area contributed by atoms with Gasteiger partial charge >= 0.3 is 0 Å². The molecular formula is C25H18N4S. The van der Waals surface area contributed by atoms with E-state index < -0.39 is 0 Å². The second-order valence-corrected chi connectivity index (χ2v) is 8.66. The quantitative estimate of drug-likeness (QED) is 0.570. The van der Waals surface area contributed by atoms with Crippen LogP contribution in [-0.4, -0.2) is 21.4 Å². The molecule has 0 aromatic carbocycles. The Morgan fingerprint density at radius 3 is 2.30 bits per heavy atom. The topological polar surface area (TPSA) is 56.3 Å². The number of aromatic amines is 2. The van der Waals surface area contributed by atoms with Gasteiger partial charge in [0.25, 0.3) is 0 Å². The number of hydrogen-bond donors (Lipinski definition) is 2. The summed E-state index contributed by atoms with van der Waals surface area (Å²) in [7, 11) is 0. The highest BCUT2D eigenvalue weighted by Crippen LogP contribution is 2.22. The van der Waals surface area contributed by atoms with Crippen molar-refractivity contribution in [2.24, 2.45) is 9.98 Å². The van der Waals surface area contributed by atoms with Crippen LogP contribution in [0.1, 0.15) is 21.1 Å². The van der Waals surface area contributed by atoms with Crippen LogP contribution in [0.4, 0.5) is 0 Å². The van der Waals surface area contributed by atoms with Crippen LogP contribution in [0.3, 0.4) is 0 Å². The number of nitrogens with one attached hydrogen (secondary N) is 2. The van der Waals surface area contributed by atoms with E-state index in [0.717, 1.165) is 45.6 Å². The Bertz CT molecular complexity index is 1460. The number of nitrogens with zero attached hydrogens (tertiary/aromatic N) is 2. The lowest BCUT2D eigenvalue weighted by atomic mass is 10.2. The van der Waals surface area contributed by atoms with Gasteiger partial charge < -0.3 is 9.97 Å². The summed E-state index contributed by atoms with van der Waals surface area (Å²) >= 11 is 1.82. The second-order valence-electron chi connectivity index (χ2n) is 7.46. The van der Waals surface area contributed by atoms with E-state index in [0.29, 0.717) is 0 Å². The van der Waals surface area contributed by atoms with Crippen molar-refractivity contribution in [1.29, 1.82) is 0 Å². The highest BCUT2D eigenvalue weighted by atomic mass is 32.1. The van der Waals surface area contributed by atoms with Crippen molar-refractivity contribution in [3.8, 4) is 0 Å². The highest BCUT2D eigenvalue weighted by molar-refractivity contribution is 7.12. The Labute approximate surface area is 177 Å². The van der Waals surface area contributed by atoms with Crippen LogP contribution in [0.15, 0.2) is 88.2 Å². The predicted molar refractivity (Wildman–Crippen MR) is 125 cm³/mol. The number of thiophene rings is 1. The Hall–Kier alpha value is -3.70. The standard InChI is InChI=1S/C25H18N4S/c1-3-18-12-20-5-7-22(28-20)14-24-9-10-25(30-24)15-23-8-6-21(29-23)13-19-4-2-17(27-19)11-16(1)26-18/h1-14,28-29H,15H2/b16-11-,19-13-,20-12-,22-14-. The van der Waals surface area contributed by atoms with E-state index in [2.05, 4.69) is 64.6 Å². The molecule has 0 saturated carbocycles. The largest absolute Gasteiger partial charge is 0.359 e. The first kappa shape index (κ1) is 17.2. The zero-order chi connectivity index (χ0) is 19.9. The maximum atomic E-state index is 4.70. The molecule has 0 aliphatic carbocycles. The SMILES string of the molecule is C1=C/C2=C/C3=NC(=C\c4ccc([nH]4)Cc4ccc(s4)/C=c4/cc/c([nH]4)=C/C1=N2)/C=C3. The van der Waals surface area contributed by atoms with Gasteiger partial charge in [0.15, 0.2) is 0 Å². The third-order valence-electron chi connectivity index (χ3n) is 5.11. The lowest BCUT2D eigenvalue weighted by molar-refractivity contribution is 1.13. The molecule has 0 spiro atoms. The highest BCUT2D eigenvalue weighted by Gasteiger charge is 2.08. The molecule has 144 valence electrons. The van der Waals surface area contributed by atoms with Gasteiger partial charge in [-0.1, -0.05) is 0 Å². The molecule has 6 heterocycles. The Morgan fingerprint density at radius 1 is 0.667 bits per heavy atom. The van der Waals surface area contributed by atoms with Crippen molar-refractivity contribution in [3.05, 3.63) is 110 Å². The van der Waals surface area contributed by atoms with Gasteiger partial charge in [0, 0.05) is 38.3 Å². The minimum absolute atomic E-state index is 0.896. The average Bonchev–Trinajstić information content (AvgIpc) is 3.52. The minimum Gasteiger partial charge on any atom is -0.359 e. The molecule has 0 fully saturated rings. The smallest absolute Gasteiger partial charge is 0.0659 e. The Balaban J connectivity index is 1.47. The number of hydrogen-bond acceptors (Lipinski definition) is 3. The van der Waals surface area contributed by atoms with Gasteiger partial charge in [-0.2, -0.15) is 0 Å². The average molecular weight is 407 g/mol. The van der Waals surface area contributed by atoms with Gasteiger partial charge in [-0.15, -0.1) is 11.3 Å². The van der Waals surface area contributed by atoms with Crippen molar-refractivity contribution in [1.82, 2.24) is 9.97 Å². The molecule has 0 saturated heterocycles. The minimum atomic E-state index is 0.896. The van der Waals surface area contributed by atoms with Crippen molar-refractivity contribution in [2.75, 3.05) is 0 Å². The zero-order valence-corrected chi connectivity index (χ0v) is 16.9. The molecule has 3 aromatic rings. The van der Waals surface area contributed by atoms with Crippen LogP contribution in [-0.2, 0) is 6.42 Å². The number of rotatable bonds is 0. The van der Waals surface area contributed by atoms with Crippen LogP contribution in [0.5, 0.6) is 0 Å². The monoisotopic (exact) mass is 406 g/mol. The lowest BCUT2D eigenvalue weighted by Crippen LogP contribution is -2.10. The van der Waals surface area contributed by atoms with Gasteiger partial charge in [-0.25, -0.2) is 9.98 Å². The van der Waals surface area contributed by atoms with E-state index >= 15 is 0 Å². The van der Waals surface area contributed by atoms with Crippen molar-refractivity contribution < 1.29 is 0 Å². The first-order chi connectivity index (χ1) is 14.7. The fourth-order valence-electron chi connectivity index (χ4n) is 3.73. The van der Waals surface area contributed by atoms with Gasteiger partial charge in [0.2, 0.25) is 0 Å². The first-order valence-corrected chi connectivity index (χ1v) is 10.7. The van der Waals surface area contributed by atoms with Crippen molar-refractivity contribution in [2.45, 2.75) is 6.42 Å². The molecule has 4 nitrogen and oxygen atoms in total. The van der Waals surface area contributed by atoms with Crippen LogP contribution >= 0.6 is 11.3 Å². The summed E-state index contributed by atoms with van der Waals surface area (Å²) in [5.74, 6) is 0. The van der Waals surface area contributed by atoms with E-state index in [1.165, 1.54) is 15.4 Å². The summed E-state index contributed by atoms with van der Waals surface area (Å²) in [5.41, 5.74) is 5.96. The molecule has 3 aromatic heterocycles. The van der Waals surface area contributed by atoms with E-state index in [1.807, 2.05) is 41.7 Å². The lowest BCUT2D eigenvalue weighted by Gasteiger charge is -1.95. The summed E-state index contributed by atoms with van der Waals surface area (Å²) in [5, 5.41) is 2.13. The molecule has 10 bridgehead atoms. The van der Waals surface area contributed by atoms with Gasteiger partial charge in [-0.05, 0) is 85.0 Å². The van der Waals surface area contributed by atoms with Crippen molar-refractivity contribution >= 4 is 41.0 Å². The Kier molecular flexibility index (Phi) is 3.99. The van der Waals surface area contributed by atoms with Crippen LogP contribution in [0.25, 0.3) is 18.2 Å². The van der Waals surface area contributed by atoms with Crippen LogP contribution in [0, 0.1) is 0 Å². The number of H-pyrrole nitrogens is 2. The van der Waals surface area contributed by atoms with Crippen molar-refractivity contribution in [3.63, 3.8) is 0 Å². The normalized spacial score (nSPS) is 22.7. The molecule has 3 aliphatic heterocycles. The number of aromatic nitrogens is 2. The van der Waals surface area contributed by atoms with E-state index in [1.54, 1.807) is 0 Å². The molecule has 6 rings (SSSR count). The van der Waals surface area contributed by atoms with Gasteiger partial charge in [0.1, 0.15) is 0 Å². The van der Waals surface area contributed by atoms with E-state index in [9.17, 15) is 0 Å². The molecule has 0 unspecified atom stereocenters. The maximum Gasteiger partial charge on any atom is 0.0659 e. The second kappa shape index (κ2) is 6.97. The molecule has 2 N–H and O–H groups in total. The van der Waals surface area contributed by atoms with E-state index in [-0.39, 0.29) is 0 Å². The number of aliphatic imine (C=N–C) groups is 2. The predicted octanol–water partition coefficient (Wildman–Crippen LogP) is 3.86. The first-order valence-electron chi connectivity index (χ1n) is 9.87. The van der Waals surface area contributed by atoms with E-state index in [4.69, 9.17) is 9.98 Å². The molecule has 0 radical (unpaired) electrons. The third-order valence-corrected chi connectivity index (χ3v) is 6.15. The number of fused-ring (bicyclic) bond motifs is 8. The summed E-state index contributed by atoms with van der Waals surface area (Å²) in [4.78, 5) is 18.9. The molecule has 3 aliphatic rings. The molecule has 0 amide bonds. The van der Waals surface area contributed by atoms with Crippen LogP contribution in [0.2, 0.25) is 0 Å². The fraction of sp³-hybridized carbons (Fsp3) is 0.0400. The molecular weight excluding hydrogens is 388 g/mol. The molecule has 0 atom stereocenters. The maximum absolute atomic E-state index is 4.70. The molecule has 30 heavy (non-hydrogen) atoms. The summed E-state index contributed by atoms with van der Waals surface area (Å²) in [6, 6.07) is 12.8. The Morgan fingerprint density at radius 2 is 1.43 bits per heavy atom. The summed E-state index contributed by atoms with van der Waals surface area (Å²) in [6.45, 7) is 0.